The second-order valence-corrected chi connectivity index (χ2v) is 10.0. The molecule has 0 bridgehead atoms. The minimum Gasteiger partial charge on any atom is -0.338 e. The molecule has 1 aromatic carbocycles. The van der Waals surface area contributed by atoms with Crippen LogP contribution in [0.5, 0.6) is 0 Å². The zero-order valence-electron chi connectivity index (χ0n) is 18.0. The van der Waals surface area contributed by atoms with Crippen LogP contribution in [0.1, 0.15) is 53.1 Å². The van der Waals surface area contributed by atoms with Crippen LogP contribution < -0.4 is 0 Å². The van der Waals surface area contributed by atoms with Crippen molar-refractivity contribution in [1.82, 2.24) is 14.8 Å². The van der Waals surface area contributed by atoms with Gasteiger partial charge in [-0.2, -0.15) is 0 Å². The summed E-state index contributed by atoms with van der Waals surface area (Å²) in [6.45, 7) is 10.7. The number of benzene rings is 1. The Balaban J connectivity index is 1.53. The van der Waals surface area contributed by atoms with Crippen LogP contribution in [0.2, 0.25) is 0 Å². The minimum absolute atomic E-state index is 0.282. The first-order chi connectivity index (χ1) is 14.0. The molecule has 1 atom stereocenters. The predicted octanol–water partition coefficient (Wildman–Crippen LogP) is 4.75. The highest BCUT2D eigenvalue weighted by atomic mass is 32.1. The molecule has 2 fully saturated rings. The van der Waals surface area contributed by atoms with Crippen molar-refractivity contribution in [3.8, 4) is 11.3 Å². The van der Waals surface area contributed by atoms with Gasteiger partial charge in [0.2, 0.25) is 5.91 Å². The molecular formula is C24H33N3OS. The number of piperidine rings is 1. The maximum atomic E-state index is 13.4. The maximum absolute atomic E-state index is 13.4. The van der Waals surface area contributed by atoms with E-state index >= 15 is 0 Å². The van der Waals surface area contributed by atoms with Gasteiger partial charge in [-0.1, -0.05) is 17.7 Å². The number of hydrogen-bond acceptors (Lipinski definition) is 4. The number of carbonyl (C=O) groups excluding carboxylic acids is 1. The lowest BCUT2D eigenvalue weighted by molar-refractivity contribution is -0.134. The lowest BCUT2D eigenvalue weighted by atomic mass is 9.99. The second-order valence-electron chi connectivity index (χ2n) is 8.74. The predicted molar refractivity (Wildman–Crippen MR) is 120 cm³/mol. The standard InChI is InChI=1S/C24H33N3OS/c1-17-9-10-18(2)21(14-17)24-22(29-19(3)25-24)15-23(28)27-13-5-4-8-20(27)16-26-11-6-7-12-26/h9-10,14,20H,4-8,11-13,15-16H2,1-3H3/t20-/m1/s1. The molecule has 156 valence electrons. The van der Waals surface area contributed by atoms with E-state index in [1.165, 1.54) is 49.0 Å². The summed E-state index contributed by atoms with van der Waals surface area (Å²) in [5.41, 5.74) is 4.63. The van der Waals surface area contributed by atoms with Crippen LogP contribution in [0.25, 0.3) is 11.3 Å². The number of nitrogens with zero attached hydrogens (tertiary/aromatic N) is 3. The molecular weight excluding hydrogens is 378 g/mol. The van der Waals surface area contributed by atoms with Crippen molar-refractivity contribution in [3.63, 3.8) is 0 Å². The fraction of sp³-hybridized carbons (Fsp3) is 0.583. The van der Waals surface area contributed by atoms with Crippen LogP contribution in [0.4, 0.5) is 0 Å². The second kappa shape index (κ2) is 8.97. The molecule has 0 unspecified atom stereocenters. The molecule has 4 rings (SSSR count). The summed E-state index contributed by atoms with van der Waals surface area (Å²) >= 11 is 1.68. The van der Waals surface area contributed by atoms with E-state index in [4.69, 9.17) is 4.98 Å². The van der Waals surface area contributed by atoms with E-state index in [1.54, 1.807) is 11.3 Å². The zero-order valence-corrected chi connectivity index (χ0v) is 18.9. The SMILES string of the molecule is Cc1ccc(C)c(-c2nc(C)sc2CC(=O)N2CCCC[C@@H]2CN2CCCC2)c1. The van der Waals surface area contributed by atoms with Gasteiger partial charge in [-0.25, -0.2) is 4.98 Å². The fourth-order valence-corrected chi connectivity index (χ4v) is 5.75. The van der Waals surface area contributed by atoms with Gasteiger partial charge in [-0.3, -0.25) is 4.79 Å². The highest BCUT2D eigenvalue weighted by Crippen LogP contribution is 2.32. The molecule has 1 amide bonds. The van der Waals surface area contributed by atoms with Crippen molar-refractivity contribution in [2.75, 3.05) is 26.2 Å². The van der Waals surface area contributed by atoms with Crippen molar-refractivity contribution in [3.05, 3.63) is 39.2 Å². The third-order valence-corrected chi connectivity index (χ3v) is 7.35. The van der Waals surface area contributed by atoms with E-state index in [2.05, 4.69) is 41.8 Å². The fourth-order valence-electron chi connectivity index (χ4n) is 4.81. The maximum Gasteiger partial charge on any atom is 0.228 e. The third-order valence-electron chi connectivity index (χ3n) is 6.38. The Morgan fingerprint density at radius 1 is 1.10 bits per heavy atom. The molecule has 0 saturated carbocycles. The third kappa shape index (κ3) is 4.72. The van der Waals surface area contributed by atoms with Crippen LogP contribution in [-0.4, -0.2) is 52.9 Å². The van der Waals surface area contributed by atoms with Crippen LogP contribution in [-0.2, 0) is 11.2 Å². The monoisotopic (exact) mass is 411 g/mol. The summed E-state index contributed by atoms with van der Waals surface area (Å²) in [6, 6.07) is 6.88. The number of aryl methyl sites for hydroxylation is 3. The average molecular weight is 412 g/mol. The van der Waals surface area contributed by atoms with Crippen molar-refractivity contribution in [2.45, 2.75) is 65.3 Å². The molecule has 1 aromatic heterocycles. The molecule has 0 aliphatic carbocycles. The first-order valence-corrected chi connectivity index (χ1v) is 11.9. The Hall–Kier alpha value is -1.72. The van der Waals surface area contributed by atoms with Crippen LogP contribution >= 0.6 is 11.3 Å². The smallest absolute Gasteiger partial charge is 0.228 e. The van der Waals surface area contributed by atoms with Crippen molar-refractivity contribution in [1.29, 1.82) is 0 Å². The van der Waals surface area contributed by atoms with Gasteiger partial charge in [-0.15, -0.1) is 11.3 Å². The summed E-state index contributed by atoms with van der Waals surface area (Å²) in [5, 5.41) is 1.04. The lowest BCUT2D eigenvalue weighted by Crippen LogP contribution is -2.49. The van der Waals surface area contributed by atoms with Crippen molar-refractivity contribution in [2.24, 2.45) is 0 Å². The highest BCUT2D eigenvalue weighted by molar-refractivity contribution is 7.12. The molecule has 2 aliphatic heterocycles. The molecule has 3 heterocycles. The summed E-state index contributed by atoms with van der Waals surface area (Å²) < 4.78 is 0. The molecule has 0 spiro atoms. The van der Waals surface area contributed by atoms with E-state index in [0.717, 1.165) is 41.5 Å². The quantitative estimate of drug-likeness (QED) is 0.712. The van der Waals surface area contributed by atoms with Crippen LogP contribution in [0, 0.1) is 20.8 Å². The number of aromatic nitrogens is 1. The number of thiazole rings is 1. The van der Waals surface area contributed by atoms with Gasteiger partial charge >= 0.3 is 0 Å². The van der Waals surface area contributed by atoms with Crippen LogP contribution in [0.15, 0.2) is 18.2 Å². The molecule has 2 aromatic rings. The normalized spacial score (nSPS) is 20.4. The van der Waals surface area contributed by atoms with Gasteiger partial charge in [0.25, 0.3) is 0 Å². The number of rotatable bonds is 5. The Morgan fingerprint density at radius 2 is 1.86 bits per heavy atom. The Kier molecular flexibility index (Phi) is 6.35. The number of likely N-dealkylation sites (tertiary alicyclic amines) is 2. The first kappa shape index (κ1) is 20.5. The van der Waals surface area contributed by atoms with E-state index in [-0.39, 0.29) is 5.91 Å². The molecule has 2 aliphatic rings. The number of carbonyl (C=O) groups is 1. The number of hydrogen-bond donors (Lipinski definition) is 0. The van der Waals surface area contributed by atoms with E-state index in [0.29, 0.717) is 12.5 Å². The molecule has 4 nitrogen and oxygen atoms in total. The Labute approximate surface area is 178 Å². The van der Waals surface area contributed by atoms with Gasteiger partial charge in [0, 0.05) is 29.6 Å². The summed E-state index contributed by atoms with van der Waals surface area (Å²) in [7, 11) is 0. The van der Waals surface area contributed by atoms with Gasteiger partial charge in [0.1, 0.15) is 0 Å². The summed E-state index contributed by atoms with van der Waals surface area (Å²) in [5.74, 6) is 0.282. The summed E-state index contributed by atoms with van der Waals surface area (Å²) in [6.07, 6.45) is 6.61. The highest BCUT2D eigenvalue weighted by Gasteiger charge is 2.30. The van der Waals surface area contributed by atoms with E-state index < -0.39 is 0 Å². The Bertz CT molecular complexity index is 869. The first-order valence-electron chi connectivity index (χ1n) is 11.1. The van der Waals surface area contributed by atoms with Gasteiger partial charge in [0.05, 0.1) is 17.1 Å². The van der Waals surface area contributed by atoms with E-state index in [1.807, 2.05) is 6.92 Å². The molecule has 5 heteroatoms. The molecule has 2 saturated heterocycles. The Morgan fingerprint density at radius 3 is 2.66 bits per heavy atom. The molecule has 0 radical (unpaired) electrons. The topological polar surface area (TPSA) is 36.4 Å². The zero-order chi connectivity index (χ0) is 20.4. The van der Waals surface area contributed by atoms with Gasteiger partial charge < -0.3 is 9.80 Å². The number of amides is 1. The largest absolute Gasteiger partial charge is 0.338 e. The van der Waals surface area contributed by atoms with E-state index in [9.17, 15) is 4.79 Å². The van der Waals surface area contributed by atoms with Crippen molar-refractivity contribution >= 4 is 17.2 Å². The average Bonchev–Trinajstić information content (AvgIpc) is 3.33. The van der Waals surface area contributed by atoms with Crippen LogP contribution in [0.3, 0.4) is 0 Å². The summed E-state index contributed by atoms with van der Waals surface area (Å²) in [4.78, 5) is 24.1. The lowest BCUT2D eigenvalue weighted by Gasteiger charge is -2.38. The molecule has 29 heavy (non-hydrogen) atoms. The van der Waals surface area contributed by atoms with Crippen molar-refractivity contribution < 1.29 is 4.79 Å². The van der Waals surface area contributed by atoms with Gasteiger partial charge in [-0.05, 0) is 77.6 Å². The minimum atomic E-state index is 0.282. The molecule has 0 N–H and O–H groups in total. The van der Waals surface area contributed by atoms with Gasteiger partial charge in [0.15, 0.2) is 0 Å².